The van der Waals surface area contributed by atoms with Crippen LogP contribution in [0.2, 0.25) is 0 Å². The molecule has 2 N–H and O–H groups in total. The largest absolute Gasteiger partial charge is 0.407 e. The van der Waals surface area contributed by atoms with Gasteiger partial charge in [0.05, 0.1) is 0 Å². The third-order valence-corrected chi connectivity index (χ3v) is 6.81. The summed E-state index contributed by atoms with van der Waals surface area (Å²) in [6.07, 6.45) is 0. The van der Waals surface area contributed by atoms with Crippen LogP contribution >= 0.6 is 0 Å². The van der Waals surface area contributed by atoms with Gasteiger partial charge in [0.1, 0.15) is 0 Å². The van der Waals surface area contributed by atoms with Crippen molar-refractivity contribution in [3.8, 4) is 11.1 Å². The van der Waals surface area contributed by atoms with Crippen molar-refractivity contribution in [1.82, 2.24) is 0 Å². The molecule has 0 saturated carbocycles. The van der Waals surface area contributed by atoms with Gasteiger partial charge in [-0.05, 0) is 61.0 Å². The molecular formula is C30H21BN2. The average molecular weight is 420 g/mol. The topological polar surface area (TPSA) is 24.1 Å². The van der Waals surface area contributed by atoms with Crippen molar-refractivity contribution in [3.05, 3.63) is 115 Å². The molecule has 0 radical (unpaired) electrons. The summed E-state index contributed by atoms with van der Waals surface area (Å²) in [5.41, 5.74) is 6.14. The van der Waals surface area contributed by atoms with Crippen LogP contribution in [-0.2, 0) is 0 Å². The quantitative estimate of drug-likeness (QED) is 0.232. The molecule has 6 aromatic rings. The number of fused-ring (bicyclic) bond motifs is 4. The van der Waals surface area contributed by atoms with Crippen LogP contribution in [0.25, 0.3) is 43.4 Å². The summed E-state index contributed by atoms with van der Waals surface area (Å²) in [6.45, 7) is -0.00330. The first-order valence-corrected chi connectivity index (χ1v) is 11.4. The Hall–Kier alpha value is -4.24. The van der Waals surface area contributed by atoms with E-state index in [9.17, 15) is 0 Å². The molecule has 0 amide bonds. The maximum Gasteiger partial charge on any atom is 0.407 e. The van der Waals surface area contributed by atoms with E-state index in [-0.39, 0.29) is 6.98 Å². The Morgan fingerprint density at radius 2 is 0.909 bits per heavy atom. The zero-order chi connectivity index (χ0) is 21.8. The minimum Gasteiger partial charge on any atom is -0.404 e. The number of hydrogen-bond donors (Lipinski definition) is 2. The Morgan fingerprint density at radius 1 is 0.455 bits per heavy atom. The molecule has 6 aromatic carbocycles. The van der Waals surface area contributed by atoms with E-state index < -0.39 is 0 Å². The highest BCUT2D eigenvalue weighted by Crippen LogP contribution is 2.38. The van der Waals surface area contributed by atoms with Gasteiger partial charge >= 0.3 is 6.98 Å². The highest BCUT2D eigenvalue weighted by molar-refractivity contribution is 6.85. The van der Waals surface area contributed by atoms with Gasteiger partial charge in [-0.15, -0.1) is 0 Å². The van der Waals surface area contributed by atoms with Gasteiger partial charge < -0.3 is 10.5 Å². The van der Waals surface area contributed by atoms with Crippen LogP contribution in [0.4, 0.5) is 11.4 Å². The molecule has 1 heterocycles. The first kappa shape index (κ1) is 18.3. The van der Waals surface area contributed by atoms with Gasteiger partial charge in [0.15, 0.2) is 0 Å². The van der Waals surface area contributed by atoms with E-state index >= 15 is 0 Å². The second-order valence-electron chi connectivity index (χ2n) is 8.71. The second kappa shape index (κ2) is 7.14. The number of anilines is 2. The Labute approximate surface area is 193 Å². The summed E-state index contributed by atoms with van der Waals surface area (Å²) in [7, 11) is 0. The van der Waals surface area contributed by atoms with Crippen LogP contribution in [0.1, 0.15) is 0 Å². The van der Waals surface area contributed by atoms with Crippen molar-refractivity contribution in [2.75, 3.05) is 10.5 Å². The van der Waals surface area contributed by atoms with Crippen molar-refractivity contribution in [2.24, 2.45) is 0 Å². The molecule has 0 bridgehead atoms. The van der Waals surface area contributed by atoms with Gasteiger partial charge in [0, 0.05) is 11.4 Å². The summed E-state index contributed by atoms with van der Waals surface area (Å²) >= 11 is 0. The van der Waals surface area contributed by atoms with Gasteiger partial charge in [-0.3, -0.25) is 0 Å². The maximum atomic E-state index is 3.78. The molecule has 0 aromatic heterocycles. The second-order valence-corrected chi connectivity index (χ2v) is 8.71. The van der Waals surface area contributed by atoms with E-state index in [4.69, 9.17) is 0 Å². The van der Waals surface area contributed by atoms with Gasteiger partial charge in [-0.25, -0.2) is 0 Å². The molecule has 3 heteroatoms. The van der Waals surface area contributed by atoms with Crippen molar-refractivity contribution in [2.45, 2.75) is 0 Å². The molecule has 1 aliphatic rings. The fourth-order valence-electron chi connectivity index (χ4n) is 5.36. The van der Waals surface area contributed by atoms with Gasteiger partial charge in [0.2, 0.25) is 0 Å². The van der Waals surface area contributed by atoms with E-state index in [1.165, 1.54) is 48.9 Å². The zero-order valence-electron chi connectivity index (χ0n) is 18.0. The molecule has 0 unspecified atom stereocenters. The summed E-state index contributed by atoms with van der Waals surface area (Å²) in [6, 6.07) is 41.4. The molecule has 1 aliphatic heterocycles. The van der Waals surface area contributed by atoms with Gasteiger partial charge in [0.25, 0.3) is 0 Å². The molecule has 0 aliphatic carbocycles. The van der Waals surface area contributed by atoms with E-state index in [1.54, 1.807) is 0 Å². The number of nitrogens with one attached hydrogen (secondary N) is 2. The van der Waals surface area contributed by atoms with Crippen LogP contribution in [0.3, 0.4) is 0 Å². The molecule has 0 saturated heterocycles. The van der Waals surface area contributed by atoms with Crippen LogP contribution in [0.15, 0.2) is 115 Å². The lowest BCUT2D eigenvalue weighted by atomic mass is 9.64. The number of benzene rings is 6. The molecule has 0 spiro atoms. The Morgan fingerprint density at radius 3 is 1.45 bits per heavy atom. The average Bonchev–Trinajstić information content (AvgIpc) is 3.28. The van der Waals surface area contributed by atoms with Crippen molar-refractivity contribution in [1.29, 1.82) is 0 Å². The summed E-state index contributed by atoms with van der Waals surface area (Å²) < 4.78 is 0. The summed E-state index contributed by atoms with van der Waals surface area (Å²) in [5.74, 6) is 0. The minimum atomic E-state index is -0.00330. The lowest BCUT2D eigenvalue weighted by molar-refractivity contribution is 1.67. The fraction of sp³-hybridized carbons (Fsp3) is 0. The van der Waals surface area contributed by atoms with E-state index in [0.29, 0.717) is 0 Å². The molecule has 7 rings (SSSR count). The number of hydrogen-bond acceptors (Lipinski definition) is 2. The standard InChI is InChI=1S/C30H21BN2/c1-2-10-20(11-3-1)29-23-14-6-8-16-25(23)30(26-17-9-7-15-24(26)29)31-32-27-18-21-12-4-5-13-22(21)19-28(27)33-31/h1-19,32-33H. The number of rotatable bonds is 2. The summed E-state index contributed by atoms with van der Waals surface area (Å²) in [5, 5.41) is 15.2. The minimum absolute atomic E-state index is 0.00330. The van der Waals surface area contributed by atoms with Crippen LogP contribution in [0, 0.1) is 0 Å². The molecule has 33 heavy (non-hydrogen) atoms. The van der Waals surface area contributed by atoms with E-state index in [0.717, 1.165) is 11.4 Å². The lowest BCUT2D eigenvalue weighted by Crippen LogP contribution is -2.43. The predicted molar refractivity (Wildman–Crippen MR) is 143 cm³/mol. The Bertz CT molecular complexity index is 1570. The highest BCUT2D eigenvalue weighted by atomic mass is 15.0. The molecule has 154 valence electrons. The lowest BCUT2D eigenvalue weighted by Gasteiger charge is -2.19. The fourth-order valence-corrected chi connectivity index (χ4v) is 5.36. The smallest absolute Gasteiger partial charge is 0.404 e. The Kier molecular flexibility index (Phi) is 3.97. The van der Waals surface area contributed by atoms with Crippen LogP contribution in [0.5, 0.6) is 0 Å². The molecule has 0 atom stereocenters. The predicted octanol–water partition coefficient (Wildman–Crippen LogP) is 7.05. The van der Waals surface area contributed by atoms with E-state index in [2.05, 4.69) is 126 Å². The van der Waals surface area contributed by atoms with Crippen molar-refractivity contribution >= 4 is 56.1 Å². The third-order valence-electron chi connectivity index (χ3n) is 6.81. The highest BCUT2D eigenvalue weighted by Gasteiger charge is 2.31. The summed E-state index contributed by atoms with van der Waals surface area (Å²) in [4.78, 5) is 0. The Balaban J connectivity index is 1.49. The maximum absolute atomic E-state index is 3.78. The first-order chi connectivity index (χ1) is 16.4. The third kappa shape index (κ3) is 2.83. The molecule has 0 fully saturated rings. The van der Waals surface area contributed by atoms with Gasteiger partial charge in [-0.1, -0.05) is 103 Å². The van der Waals surface area contributed by atoms with E-state index in [1.807, 2.05) is 0 Å². The first-order valence-electron chi connectivity index (χ1n) is 11.4. The normalized spacial score (nSPS) is 12.7. The van der Waals surface area contributed by atoms with Crippen LogP contribution in [-0.4, -0.2) is 6.98 Å². The monoisotopic (exact) mass is 420 g/mol. The molecular weight excluding hydrogens is 399 g/mol. The van der Waals surface area contributed by atoms with Crippen molar-refractivity contribution < 1.29 is 0 Å². The van der Waals surface area contributed by atoms with Crippen molar-refractivity contribution in [3.63, 3.8) is 0 Å². The zero-order valence-corrected chi connectivity index (χ0v) is 18.0. The SMILES string of the molecule is c1ccc(-c2c3ccccc3c(B3Nc4cc5ccccc5cc4N3)c3ccccc23)cc1. The molecule has 2 nitrogen and oxygen atoms in total. The van der Waals surface area contributed by atoms with Gasteiger partial charge in [-0.2, -0.15) is 0 Å². The van der Waals surface area contributed by atoms with Crippen LogP contribution < -0.4 is 15.9 Å².